The third kappa shape index (κ3) is 5.05. The van der Waals surface area contributed by atoms with Crippen LogP contribution in [0.3, 0.4) is 0 Å². The van der Waals surface area contributed by atoms with Gasteiger partial charge in [0.15, 0.2) is 5.82 Å². The highest BCUT2D eigenvalue weighted by Gasteiger charge is 2.09. The Morgan fingerprint density at radius 3 is 2.48 bits per heavy atom. The molecule has 6 heteroatoms. The van der Waals surface area contributed by atoms with E-state index >= 15 is 0 Å². The van der Waals surface area contributed by atoms with Gasteiger partial charge in [-0.15, -0.1) is 0 Å². The fourth-order valence-corrected chi connectivity index (χ4v) is 3.06. The SMILES string of the molecule is COc1cccc(NC(=O)c2cccc(Nc3ccnc(-c4ccc(C)cc4)n3)c2)c1. The molecule has 3 aromatic carbocycles. The zero-order valence-electron chi connectivity index (χ0n) is 17.3. The quantitative estimate of drug-likeness (QED) is 0.442. The van der Waals surface area contributed by atoms with E-state index in [1.54, 1.807) is 37.6 Å². The van der Waals surface area contributed by atoms with Gasteiger partial charge >= 0.3 is 0 Å². The van der Waals surface area contributed by atoms with Gasteiger partial charge < -0.3 is 15.4 Å². The maximum atomic E-state index is 12.7. The summed E-state index contributed by atoms with van der Waals surface area (Å²) >= 11 is 0. The van der Waals surface area contributed by atoms with Crippen molar-refractivity contribution in [2.24, 2.45) is 0 Å². The lowest BCUT2D eigenvalue weighted by Crippen LogP contribution is -2.12. The van der Waals surface area contributed by atoms with Crippen LogP contribution in [0.25, 0.3) is 11.4 Å². The lowest BCUT2D eigenvalue weighted by Gasteiger charge is -2.10. The number of benzene rings is 3. The molecule has 0 atom stereocenters. The smallest absolute Gasteiger partial charge is 0.255 e. The van der Waals surface area contributed by atoms with Gasteiger partial charge in [0.05, 0.1) is 7.11 Å². The second kappa shape index (κ2) is 9.09. The van der Waals surface area contributed by atoms with E-state index in [0.29, 0.717) is 28.6 Å². The highest BCUT2D eigenvalue weighted by Crippen LogP contribution is 2.21. The van der Waals surface area contributed by atoms with Crippen molar-refractivity contribution in [2.75, 3.05) is 17.7 Å². The first kappa shape index (κ1) is 20.1. The molecule has 0 radical (unpaired) electrons. The van der Waals surface area contributed by atoms with E-state index in [-0.39, 0.29) is 5.91 Å². The minimum atomic E-state index is -0.208. The minimum absolute atomic E-state index is 0.208. The molecule has 0 saturated heterocycles. The van der Waals surface area contributed by atoms with E-state index in [9.17, 15) is 4.79 Å². The van der Waals surface area contributed by atoms with Gasteiger partial charge in [0.1, 0.15) is 11.6 Å². The van der Waals surface area contributed by atoms with Gasteiger partial charge in [-0.25, -0.2) is 9.97 Å². The summed E-state index contributed by atoms with van der Waals surface area (Å²) in [5, 5.41) is 6.14. The first-order valence-electron chi connectivity index (χ1n) is 9.83. The molecule has 0 unspecified atom stereocenters. The number of nitrogens with one attached hydrogen (secondary N) is 2. The number of anilines is 3. The predicted molar refractivity (Wildman–Crippen MR) is 123 cm³/mol. The van der Waals surface area contributed by atoms with Crippen LogP contribution in [0.15, 0.2) is 85.1 Å². The van der Waals surface area contributed by atoms with Crippen LogP contribution in [-0.2, 0) is 0 Å². The van der Waals surface area contributed by atoms with Crippen molar-refractivity contribution in [3.05, 3.63) is 96.2 Å². The van der Waals surface area contributed by atoms with Crippen molar-refractivity contribution in [3.8, 4) is 17.1 Å². The summed E-state index contributed by atoms with van der Waals surface area (Å²) in [5.41, 5.74) is 4.08. The number of hydrogen-bond acceptors (Lipinski definition) is 5. The molecular formula is C25H22N4O2. The van der Waals surface area contributed by atoms with Gasteiger partial charge in [0.25, 0.3) is 5.91 Å². The number of aromatic nitrogens is 2. The molecule has 4 aromatic rings. The summed E-state index contributed by atoms with van der Waals surface area (Å²) in [6.45, 7) is 2.04. The average molecular weight is 410 g/mol. The minimum Gasteiger partial charge on any atom is -0.497 e. The van der Waals surface area contributed by atoms with Crippen molar-refractivity contribution in [2.45, 2.75) is 6.92 Å². The van der Waals surface area contributed by atoms with Crippen molar-refractivity contribution in [1.29, 1.82) is 0 Å². The second-order valence-electron chi connectivity index (χ2n) is 7.02. The molecule has 1 heterocycles. The number of carbonyl (C=O) groups excluding carboxylic acids is 1. The molecule has 6 nitrogen and oxygen atoms in total. The topological polar surface area (TPSA) is 76.1 Å². The average Bonchev–Trinajstić information content (AvgIpc) is 2.80. The summed E-state index contributed by atoms with van der Waals surface area (Å²) in [4.78, 5) is 21.6. The molecule has 154 valence electrons. The molecule has 2 N–H and O–H groups in total. The number of rotatable bonds is 6. The van der Waals surface area contributed by atoms with Crippen LogP contribution in [0.2, 0.25) is 0 Å². The van der Waals surface area contributed by atoms with E-state index in [1.807, 2.05) is 61.5 Å². The molecule has 4 rings (SSSR count). The second-order valence-corrected chi connectivity index (χ2v) is 7.02. The molecular weight excluding hydrogens is 388 g/mol. The highest BCUT2D eigenvalue weighted by molar-refractivity contribution is 6.05. The summed E-state index contributed by atoms with van der Waals surface area (Å²) in [5.74, 6) is 1.76. The molecule has 1 aromatic heterocycles. The van der Waals surface area contributed by atoms with E-state index < -0.39 is 0 Å². The highest BCUT2D eigenvalue weighted by atomic mass is 16.5. The lowest BCUT2D eigenvalue weighted by atomic mass is 10.1. The van der Waals surface area contributed by atoms with E-state index in [1.165, 1.54) is 5.56 Å². The van der Waals surface area contributed by atoms with Gasteiger partial charge in [-0.05, 0) is 43.3 Å². The molecule has 1 amide bonds. The van der Waals surface area contributed by atoms with Crippen molar-refractivity contribution in [1.82, 2.24) is 9.97 Å². The zero-order chi connectivity index (χ0) is 21.6. The van der Waals surface area contributed by atoms with Gasteiger partial charge in [-0.1, -0.05) is 42.0 Å². The van der Waals surface area contributed by atoms with Crippen molar-refractivity contribution >= 4 is 23.1 Å². The molecule has 0 aliphatic carbocycles. The maximum Gasteiger partial charge on any atom is 0.255 e. The number of nitrogens with zero attached hydrogens (tertiary/aromatic N) is 2. The molecule has 0 fully saturated rings. The van der Waals surface area contributed by atoms with Gasteiger partial charge in [0, 0.05) is 34.8 Å². The first-order chi connectivity index (χ1) is 15.1. The number of aryl methyl sites for hydroxylation is 1. The largest absolute Gasteiger partial charge is 0.497 e. The Kier molecular flexibility index (Phi) is 5.89. The van der Waals surface area contributed by atoms with Crippen molar-refractivity contribution < 1.29 is 9.53 Å². The van der Waals surface area contributed by atoms with Crippen LogP contribution in [-0.4, -0.2) is 23.0 Å². The number of methoxy groups -OCH3 is 1. The van der Waals surface area contributed by atoms with Crippen molar-refractivity contribution in [3.63, 3.8) is 0 Å². The third-order valence-corrected chi connectivity index (χ3v) is 4.69. The summed E-state index contributed by atoms with van der Waals surface area (Å²) in [6, 6.07) is 24.3. The van der Waals surface area contributed by atoms with Crippen LogP contribution < -0.4 is 15.4 Å². The summed E-state index contributed by atoms with van der Waals surface area (Å²) in [6.07, 6.45) is 1.71. The number of amides is 1. The Labute approximate surface area is 181 Å². The molecule has 0 aliphatic rings. The Hall–Kier alpha value is -4.19. The number of carbonyl (C=O) groups is 1. The first-order valence-corrected chi connectivity index (χ1v) is 9.83. The monoisotopic (exact) mass is 410 g/mol. The summed E-state index contributed by atoms with van der Waals surface area (Å²) < 4.78 is 5.20. The molecule has 0 spiro atoms. The molecule has 31 heavy (non-hydrogen) atoms. The van der Waals surface area contributed by atoms with E-state index in [0.717, 1.165) is 11.3 Å². The van der Waals surface area contributed by atoms with Gasteiger partial charge in [-0.3, -0.25) is 4.79 Å². The van der Waals surface area contributed by atoms with E-state index in [4.69, 9.17) is 4.74 Å². The fraction of sp³-hybridized carbons (Fsp3) is 0.0800. The Bertz CT molecular complexity index is 1210. The van der Waals surface area contributed by atoms with Crippen LogP contribution in [0.5, 0.6) is 5.75 Å². The van der Waals surface area contributed by atoms with Crippen LogP contribution in [0.1, 0.15) is 15.9 Å². The normalized spacial score (nSPS) is 10.4. The molecule has 0 aliphatic heterocycles. The third-order valence-electron chi connectivity index (χ3n) is 4.69. The maximum absolute atomic E-state index is 12.7. The Balaban J connectivity index is 1.50. The predicted octanol–water partition coefficient (Wildman–Crippen LogP) is 5.46. The van der Waals surface area contributed by atoms with Gasteiger partial charge in [-0.2, -0.15) is 0 Å². The Morgan fingerprint density at radius 1 is 0.903 bits per heavy atom. The van der Waals surface area contributed by atoms with Gasteiger partial charge in [0.2, 0.25) is 0 Å². The molecule has 0 bridgehead atoms. The van der Waals surface area contributed by atoms with E-state index in [2.05, 4.69) is 20.6 Å². The Morgan fingerprint density at radius 2 is 1.68 bits per heavy atom. The zero-order valence-corrected chi connectivity index (χ0v) is 17.3. The standard InChI is InChI=1S/C25H22N4O2/c1-17-9-11-18(12-10-17)24-26-14-13-23(29-24)27-20-6-3-5-19(15-20)25(30)28-21-7-4-8-22(16-21)31-2/h3-16H,1-2H3,(H,28,30)(H,26,27,29). The fourth-order valence-electron chi connectivity index (χ4n) is 3.06. The number of hydrogen-bond donors (Lipinski definition) is 2. The summed E-state index contributed by atoms with van der Waals surface area (Å²) in [7, 11) is 1.59. The van der Waals surface area contributed by atoms with Crippen LogP contribution in [0.4, 0.5) is 17.2 Å². The van der Waals surface area contributed by atoms with Crippen LogP contribution in [0, 0.1) is 6.92 Å². The molecule has 0 saturated carbocycles. The number of ether oxygens (including phenoxy) is 1. The van der Waals surface area contributed by atoms with Crippen LogP contribution >= 0.6 is 0 Å². The lowest BCUT2D eigenvalue weighted by molar-refractivity contribution is 0.102.